The smallest absolute Gasteiger partial charge is 0.0478 e. The van der Waals surface area contributed by atoms with E-state index >= 15 is 0 Å². The van der Waals surface area contributed by atoms with E-state index in [0.29, 0.717) is 18.4 Å². The van der Waals surface area contributed by atoms with Crippen LogP contribution in [-0.2, 0) is 0 Å². The second-order valence-electron chi connectivity index (χ2n) is 3.68. The van der Waals surface area contributed by atoms with Gasteiger partial charge >= 0.3 is 0 Å². The Labute approximate surface area is 82.6 Å². The molecule has 3 heteroatoms. The molecule has 1 aromatic heterocycles. The van der Waals surface area contributed by atoms with Gasteiger partial charge in [0, 0.05) is 36.4 Å². The molecule has 1 fully saturated rings. The summed E-state index contributed by atoms with van der Waals surface area (Å²) in [5, 5.41) is 14.7. The summed E-state index contributed by atoms with van der Waals surface area (Å²) in [6, 6.07) is 2.16. The molecule has 2 atom stereocenters. The number of hydrogen-bond donors (Lipinski definition) is 2. The number of rotatable bonds is 2. The number of aliphatic hydroxyl groups is 1. The van der Waals surface area contributed by atoms with Crippen LogP contribution in [0.15, 0.2) is 11.4 Å². The van der Waals surface area contributed by atoms with Gasteiger partial charge in [-0.05, 0) is 23.9 Å². The van der Waals surface area contributed by atoms with Gasteiger partial charge in [-0.3, -0.25) is 0 Å². The Kier molecular flexibility index (Phi) is 2.67. The van der Waals surface area contributed by atoms with Gasteiger partial charge in [-0.2, -0.15) is 0 Å². The van der Waals surface area contributed by atoms with E-state index < -0.39 is 0 Å². The topological polar surface area (TPSA) is 32.3 Å². The van der Waals surface area contributed by atoms with E-state index in [1.807, 2.05) is 11.3 Å². The maximum absolute atomic E-state index is 9.19. The highest BCUT2D eigenvalue weighted by Crippen LogP contribution is 2.33. The first kappa shape index (κ1) is 9.19. The lowest BCUT2D eigenvalue weighted by atomic mass is 9.93. The van der Waals surface area contributed by atoms with Gasteiger partial charge < -0.3 is 10.4 Å². The zero-order valence-corrected chi connectivity index (χ0v) is 8.60. The van der Waals surface area contributed by atoms with Crippen molar-refractivity contribution in [2.45, 2.75) is 12.8 Å². The molecule has 72 valence electrons. The number of aryl methyl sites for hydroxylation is 1. The monoisotopic (exact) mass is 197 g/mol. The lowest BCUT2D eigenvalue weighted by molar-refractivity contribution is 0.227. The van der Waals surface area contributed by atoms with Gasteiger partial charge in [0.15, 0.2) is 0 Å². The predicted octanol–water partition coefficient (Wildman–Crippen LogP) is 1.35. The highest BCUT2D eigenvalue weighted by atomic mass is 32.1. The molecule has 0 spiro atoms. The third-order valence-corrected chi connectivity index (χ3v) is 3.96. The van der Waals surface area contributed by atoms with Crippen LogP contribution in [0.3, 0.4) is 0 Å². The van der Waals surface area contributed by atoms with E-state index in [2.05, 4.69) is 23.7 Å². The van der Waals surface area contributed by atoms with E-state index in [1.165, 1.54) is 10.4 Å². The highest BCUT2D eigenvalue weighted by molar-refractivity contribution is 7.10. The Morgan fingerprint density at radius 3 is 3.08 bits per heavy atom. The van der Waals surface area contributed by atoms with Crippen LogP contribution in [0.1, 0.15) is 16.4 Å². The van der Waals surface area contributed by atoms with Crippen molar-refractivity contribution in [2.24, 2.45) is 5.92 Å². The molecule has 1 saturated heterocycles. The number of thiophene rings is 1. The van der Waals surface area contributed by atoms with Crippen molar-refractivity contribution in [3.05, 3.63) is 21.9 Å². The summed E-state index contributed by atoms with van der Waals surface area (Å²) < 4.78 is 0. The third-order valence-electron chi connectivity index (χ3n) is 2.81. The van der Waals surface area contributed by atoms with E-state index in [-0.39, 0.29) is 0 Å². The molecule has 1 aliphatic rings. The molecule has 1 aromatic rings. The van der Waals surface area contributed by atoms with Crippen molar-refractivity contribution in [2.75, 3.05) is 19.7 Å². The van der Waals surface area contributed by atoms with Crippen LogP contribution >= 0.6 is 11.3 Å². The van der Waals surface area contributed by atoms with Crippen molar-refractivity contribution >= 4 is 11.3 Å². The summed E-state index contributed by atoms with van der Waals surface area (Å²) >= 11 is 1.81. The van der Waals surface area contributed by atoms with Gasteiger partial charge in [0.05, 0.1) is 0 Å². The molecule has 2 rings (SSSR count). The fourth-order valence-corrected chi connectivity index (χ4v) is 3.12. The van der Waals surface area contributed by atoms with E-state index in [4.69, 9.17) is 0 Å². The van der Waals surface area contributed by atoms with Crippen LogP contribution in [0.2, 0.25) is 0 Å². The van der Waals surface area contributed by atoms with Crippen LogP contribution in [-0.4, -0.2) is 24.8 Å². The van der Waals surface area contributed by atoms with E-state index in [9.17, 15) is 5.11 Å². The summed E-state index contributed by atoms with van der Waals surface area (Å²) in [5.74, 6) is 0.947. The molecule has 2 N–H and O–H groups in total. The Balaban J connectivity index is 2.20. The third kappa shape index (κ3) is 1.64. The molecule has 1 aliphatic heterocycles. The fourth-order valence-electron chi connectivity index (χ4n) is 2.00. The first-order valence-corrected chi connectivity index (χ1v) is 5.56. The molecule has 13 heavy (non-hydrogen) atoms. The molecule has 0 saturated carbocycles. The van der Waals surface area contributed by atoms with Gasteiger partial charge in [0.2, 0.25) is 0 Å². The summed E-state index contributed by atoms with van der Waals surface area (Å²) in [6.07, 6.45) is 0. The Morgan fingerprint density at radius 2 is 2.46 bits per heavy atom. The van der Waals surface area contributed by atoms with Crippen LogP contribution < -0.4 is 5.32 Å². The van der Waals surface area contributed by atoms with Gasteiger partial charge in [-0.1, -0.05) is 0 Å². The normalized spacial score (nSPS) is 28.2. The molecule has 0 amide bonds. The minimum atomic E-state index is 0.301. The SMILES string of the molecule is Cc1ccsc1C1CNCC1CO. The molecule has 0 aromatic carbocycles. The van der Waals surface area contributed by atoms with Gasteiger partial charge in [0.1, 0.15) is 0 Å². The van der Waals surface area contributed by atoms with Crippen molar-refractivity contribution in [1.82, 2.24) is 5.32 Å². The first-order chi connectivity index (χ1) is 6.33. The zero-order valence-electron chi connectivity index (χ0n) is 7.79. The minimum Gasteiger partial charge on any atom is -0.396 e. The van der Waals surface area contributed by atoms with Crippen LogP contribution in [0, 0.1) is 12.8 Å². The van der Waals surface area contributed by atoms with Gasteiger partial charge in [0.25, 0.3) is 0 Å². The minimum absolute atomic E-state index is 0.301. The molecular weight excluding hydrogens is 182 g/mol. The maximum Gasteiger partial charge on any atom is 0.0478 e. The molecule has 2 heterocycles. The van der Waals surface area contributed by atoms with Gasteiger partial charge in [-0.25, -0.2) is 0 Å². The summed E-state index contributed by atoms with van der Waals surface area (Å²) in [6.45, 7) is 4.43. The quantitative estimate of drug-likeness (QED) is 0.750. The average Bonchev–Trinajstić information content (AvgIpc) is 2.71. The summed E-state index contributed by atoms with van der Waals surface area (Å²) in [5.41, 5.74) is 1.37. The Bertz CT molecular complexity index is 284. The summed E-state index contributed by atoms with van der Waals surface area (Å²) in [4.78, 5) is 1.45. The number of aliphatic hydroxyl groups excluding tert-OH is 1. The Morgan fingerprint density at radius 1 is 1.62 bits per heavy atom. The number of nitrogens with one attached hydrogen (secondary N) is 1. The van der Waals surface area contributed by atoms with Gasteiger partial charge in [-0.15, -0.1) is 11.3 Å². The average molecular weight is 197 g/mol. The van der Waals surface area contributed by atoms with Crippen LogP contribution in [0.25, 0.3) is 0 Å². The van der Waals surface area contributed by atoms with E-state index in [1.54, 1.807) is 0 Å². The summed E-state index contributed by atoms with van der Waals surface area (Å²) in [7, 11) is 0. The lowest BCUT2D eigenvalue weighted by Gasteiger charge is -2.15. The molecule has 0 aliphatic carbocycles. The van der Waals surface area contributed by atoms with Crippen molar-refractivity contribution < 1.29 is 5.11 Å². The van der Waals surface area contributed by atoms with Crippen LogP contribution in [0.5, 0.6) is 0 Å². The molecule has 2 nitrogen and oxygen atoms in total. The second-order valence-corrected chi connectivity index (χ2v) is 4.62. The van der Waals surface area contributed by atoms with Crippen molar-refractivity contribution in [1.29, 1.82) is 0 Å². The largest absolute Gasteiger partial charge is 0.396 e. The molecular formula is C10H15NOS. The fraction of sp³-hybridized carbons (Fsp3) is 0.600. The standard InChI is InChI=1S/C10H15NOS/c1-7-2-3-13-10(7)9-5-11-4-8(9)6-12/h2-3,8-9,11-12H,4-6H2,1H3. The van der Waals surface area contributed by atoms with Crippen LogP contribution in [0.4, 0.5) is 0 Å². The molecule has 0 radical (unpaired) electrons. The predicted molar refractivity (Wildman–Crippen MR) is 55.2 cm³/mol. The highest BCUT2D eigenvalue weighted by Gasteiger charge is 2.29. The maximum atomic E-state index is 9.19. The number of hydrogen-bond acceptors (Lipinski definition) is 3. The lowest BCUT2D eigenvalue weighted by Crippen LogP contribution is -2.14. The second kappa shape index (κ2) is 3.78. The zero-order chi connectivity index (χ0) is 9.26. The van der Waals surface area contributed by atoms with E-state index in [0.717, 1.165) is 13.1 Å². The first-order valence-electron chi connectivity index (χ1n) is 4.68. The molecule has 2 unspecified atom stereocenters. The Hall–Kier alpha value is -0.380. The molecule has 0 bridgehead atoms. The van der Waals surface area contributed by atoms with Crippen molar-refractivity contribution in [3.63, 3.8) is 0 Å². The van der Waals surface area contributed by atoms with Crippen molar-refractivity contribution in [3.8, 4) is 0 Å².